The number of ether oxygens (including phenoxy) is 4. The fourth-order valence-corrected chi connectivity index (χ4v) is 3.04. The number of hydrogen-bond acceptors (Lipinski definition) is 8. The van der Waals surface area contributed by atoms with Crippen molar-refractivity contribution in [3.05, 3.63) is 69.3 Å². The highest BCUT2D eigenvalue weighted by Gasteiger charge is 2.50. The van der Waals surface area contributed by atoms with Crippen molar-refractivity contribution in [1.82, 2.24) is 0 Å². The second kappa shape index (κ2) is 9.54. The summed E-state index contributed by atoms with van der Waals surface area (Å²) in [6.45, 7) is 9.34. The number of carbonyl (C=O) groups is 2. The SMILES string of the molecule is CCOc1cc(C=C2C(=O)OC(C)(C(C)(C)C)OC2=O)ccc1OCc1ccc([N+](=O)[O-])cc1. The highest BCUT2D eigenvalue weighted by Crippen LogP contribution is 2.39. The molecule has 3 rings (SSSR count). The Morgan fingerprint density at radius 2 is 1.62 bits per heavy atom. The van der Waals surface area contributed by atoms with Crippen molar-refractivity contribution in [3.63, 3.8) is 0 Å². The molecule has 0 bridgehead atoms. The number of nitrogens with zero attached hydrogens (tertiary/aromatic N) is 1. The molecule has 2 aromatic carbocycles. The monoisotopic (exact) mass is 469 g/mol. The van der Waals surface area contributed by atoms with Crippen LogP contribution in [0.15, 0.2) is 48.0 Å². The molecule has 1 aliphatic heterocycles. The van der Waals surface area contributed by atoms with Gasteiger partial charge in [0.05, 0.1) is 11.5 Å². The van der Waals surface area contributed by atoms with E-state index >= 15 is 0 Å². The summed E-state index contributed by atoms with van der Waals surface area (Å²) in [5.74, 6) is -2.03. The molecule has 0 amide bonds. The molecular formula is C25H27NO8. The molecule has 1 saturated heterocycles. The van der Waals surface area contributed by atoms with Gasteiger partial charge in [-0.2, -0.15) is 0 Å². The van der Waals surface area contributed by atoms with Gasteiger partial charge in [-0.25, -0.2) is 9.59 Å². The fourth-order valence-electron chi connectivity index (χ4n) is 3.04. The third kappa shape index (κ3) is 5.36. The van der Waals surface area contributed by atoms with Gasteiger partial charge in [-0.15, -0.1) is 0 Å². The molecular weight excluding hydrogens is 442 g/mol. The highest BCUT2D eigenvalue weighted by molar-refractivity contribution is 6.19. The number of non-ortho nitro benzene ring substituents is 1. The van der Waals surface area contributed by atoms with E-state index in [1.54, 1.807) is 37.3 Å². The normalized spacial score (nSPS) is 18.1. The van der Waals surface area contributed by atoms with Gasteiger partial charge in [-0.1, -0.05) is 26.8 Å². The van der Waals surface area contributed by atoms with Gasteiger partial charge in [0.1, 0.15) is 12.2 Å². The first-order chi connectivity index (χ1) is 15.9. The zero-order chi connectivity index (χ0) is 25.1. The van der Waals surface area contributed by atoms with Crippen LogP contribution < -0.4 is 9.47 Å². The molecule has 0 unspecified atom stereocenters. The summed E-state index contributed by atoms with van der Waals surface area (Å²) in [4.78, 5) is 35.5. The van der Waals surface area contributed by atoms with Crippen LogP contribution in [0.2, 0.25) is 0 Å². The molecule has 1 fully saturated rings. The van der Waals surface area contributed by atoms with Gasteiger partial charge in [-0.3, -0.25) is 10.1 Å². The average Bonchev–Trinajstić information content (AvgIpc) is 2.75. The van der Waals surface area contributed by atoms with E-state index in [0.717, 1.165) is 5.56 Å². The fraction of sp³-hybridized carbons (Fsp3) is 0.360. The highest BCUT2D eigenvalue weighted by atomic mass is 16.7. The lowest BCUT2D eigenvalue weighted by molar-refractivity contribution is -0.384. The molecule has 0 aromatic heterocycles. The van der Waals surface area contributed by atoms with E-state index in [1.807, 2.05) is 27.7 Å². The van der Waals surface area contributed by atoms with Gasteiger partial charge in [0, 0.05) is 24.5 Å². The molecule has 0 aliphatic carbocycles. The van der Waals surface area contributed by atoms with E-state index in [9.17, 15) is 19.7 Å². The molecule has 0 atom stereocenters. The Morgan fingerprint density at radius 3 is 2.15 bits per heavy atom. The van der Waals surface area contributed by atoms with Crippen molar-refractivity contribution in [2.45, 2.75) is 47.0 Å². The van der Waals surface area contributed by atoms with E-state index in [4.69, 9.17) is 18.9 Å². The summed E-state index contributed by atoms with van der Waals surface area (Å²) in [5.41, 5.74) is 0.444. The number of hydrogen-bond donors (Lipinski definition) is 0. The first kappa shape index (κ1) is 24.8. The van der Waals surface area contributed by atoms with Gasteiger partial charge >= 0.3 is 11.9 Å². The predicted octanol–water partition coefficient (Wildman–Crippen LogP) is 4.82. The van der Waals surface area contributed by atoms with E-state index in [0.29, 0.717) is 23.7 Å². The van der Waals surface area contributed by atoms with Crippen LogP contribution in [0.3, 0.4) is 0 Å². The Labute approximate surface area is 197 Å². The lowest BCUT2D eigenvalue weighted by atomic mass is 9.85. The summed E-state index contributed by atoms with van der Waals surface area (Å²) in [7, 11) is 0. The summed E-state index contributed by atoms with van der Waals surface area (Å²) in [6.07, 6.45) is 1.38. The quantitative estimate of drug-likeness (QED) is 0.186. The minimum atomic E-state index is -1.37. The molecule has 0 N–H and O–H groups in total. The van der Waals surface area contributed by atoms with Crippen LogP contribution in [-0.2, 0) is 25.7 Å². The van der Waals surface area contributed by atoms with Crippen LogP contribution in [0.25, 0.3) is 6.08 Å². The number of rotatable bonds is 7. The second-order valence-electron chi connectivity index (χ2n) is 8.88. The molecule has 2 aromatic rings. The standard InChI is InChI=1S/C25H27NO8/c1-6-31-21-14-17(13-19-22(27)33-25(5,24(2,3)4)34-23(19)28)9-12-20(21)32-15-16-7-10-18(11-8-16)26(29)30/h7-14H,6,15H2,1-5H3. The lowest BCUT2D eigenvalue weighted by Gasteiger charge is -2.42. The Morgan fingerprint density at radius 1 is 1.00 bits per heavy atom. The first-order valence-electron chi connectivity index (χ1n) is 10.7. The number of nitro benzene ring substituents is 1. The van der Waals surface area contributed by atoms with Crippen LogP contribution in [-0.4, -0.2) is 29.3 Å². The molecule has 180 valence electrons. The average molecular weight is 469 g/mol. The van der Waals surface area contributed by atoms with Crippen molar-refractivity contribution in [2.24, 2.45) is 5.41 Å². The van der Waals surface area contributed by atoms with Crippen LogP contribution in [0.4, 0.5) is 5.69 Å². The van der Waals surface area contributed by atoms with E-state index in [-0.39, 0.29) is 17.9 Å². The Balaban J connectivity index is 1.79. The molecule has 1 aliphatic rings. The Kier molecular flexibility index (Phi) is 6.95. The van der Waals surface area contributed by atoms with Crippen molar-refractivity contribution in [1.29, 1.82) is 0 Å². The summed E-state index contributed by atoms with van der Waals surface area (Å²) in [6, 6.07) is 11.0. The van der Waals surface area contributed by atoms with Gasteiger partial charge in [-0.05, 0) is 48.4 Å². The number of esters is 2. The number of benzene rings is 2. The minimum absolute atomic E-state index is 0.00118. The molecule has 9 heteroatoms. The molecule has 0 saturated carbocycles. The largest absolute Gasteiger partial charge is 0.490 e. The van der Waals surface area contributed by atoms with Crippen molar-refractivity contribution in [3.8, 4) is 11.5 Å². The molecule has 0 spiro atoms. The van der Waals surface area contributed by atoms with E-state index in [1.165, 1.54) is 18.2 Å². The Hall–Kier alpha value is -3.88. The van der Waals surface area contributed by atoms with E-state index < -0.39 is 28.1 Å². The van der Waals surface area contributed by atoms with Gasteiger partial charge in [0.2, 0.25) is 0 Å². The van der Waals surface area contributed by atoms with Gasteiger partial charge in [0.25, 0.3) is 11.5 Å². The molecule has 9 nitrogen and oxygen atoms in total. The second-order valence-corrected chi connectivity index (χ2v) is 8.88. The van der Waals surface area contributed by atoms with Crippen LogP contribution >= 0.6 is 0 Å². The first-order valence-corrected chi connectivity index (χ1v) is 10.7. The van der Waals surface area contributed by atoms with Gasteiger partial charge in [0.15, 0.2) is 11.5 Å². The predicted molar refractivity (Wildman–Crippen MR) is 123 cm³/mol. The molecule has 1 heterocycles. The minimum Gasteiger partial charge on any atom is -0.490 e. The molecule has 0 radical (unpaired) electrons. The van der Waals surface area contributed by atoms with Crippen LogP contribution in [0.1, 0.15) is 45.7 Å². The maximum absolute atomic E-state index is 12.6. The third-order valence-electron chi connectivity index (χ3n) is 5.50. The smallest absolute Gasteiger partial charge is 0.348 e. The zero-order valence-electron chi connectivity index (χ0n) is 19.7. The third-order valence-corrected chi connectivity index (χ3v) is 5.50. The van der Waals surface area contributed by atoms with Crippen LogP contribution in [0.5, 0.6) is 11.5 Å². The van der Waals surface area contributed by atoms with E-state index in [2.05, 4.69) is 0 Å². The summed E-state index contributed by atoms with van der Waals surface area (Å²) >= 11 is 0. The van der Waals surface area contributed by atoms with Gasteiger partial charge < -0.3 is 18.9 Å². The number of cyclic esters (lactones) is 2. The lowest BCUT2D eigenvalue weighted by Crippen LogP contribution is -2.52. The van der Waals surface area contributed by atoms with Crippen molar-refractivity contribution >= 4 is 23.7 Å². The maximum Gasteiger partial charge on any atom is 0.348 e. The Bertz CT molecular complexity index is 1110. The zero-order valence-corrected chi connectivity index (χ0v) is 19.7. The van der Waals surface area contributed by atoms with Crippen molar-refractivity contribution in [2.75, 3.05) is 6.61 Å². The summed E-state index contributed by atoms with van der Waals surface area (Å²) in [5, 5.41) is 10.8. The van der Waals surface area contributed by atoms with Crippen molar-refractivity contribution < 1.29 is 33.5 Å². The maximum atomic E-state index is 12.6. The molecule has 34 heavy (non-hydrogen) atoms. The summed E-state index contributed by atoms with van der Waals surface area (Å²) < 4.78 is 22.4. The number of carbonyl (C=O) groups excluding carboxylic acids is 2. The van der Waals surface area contributed by atoms with Crippen LogP contribution in [0, 0.1) is 15.5 Å². The topological polar surface area (TPSA) is 114 Å². The number of nitro groups is 1.